The summed E-state index contributed by atoms with van der Waals surface area (Å²) >= 11 is 0. The number of rotatable bonds is 1. The lowest BCUT2D eigenvalue weighted by atomic mass is 9.95. The van der Waals surface area contributed by atoms with Gasteiger partial charge in [-0.3, -0.25) is 0 Å². The highest BCUT2D eigenvalue weighted by molar-refractivity contribution is 5.16. The van der Waals surface area contributed by atoms with E-state index in [4.69, 9.17) is 4.74 Å². The Kier molecular flexibility index (Phi) is 1.89. The maximum absolute atomic E-state index is 5.68. The van der Waals surface area contributed by atoms with Crippen molar-refractivity contribution >= 4 is 0 Å². The van der Waals surface area contributed by atoms with Crippen molar-refractivity contribution in [2.45, 2.75) is 39.0 Å². The van der Waals surface area contributed by atoms with Crippen molar-refractivity contribution < 1.29 is 4.74 Å². The lowest BCUT2D eigenvalue weighted by Crippen LogP contribution is -2.14. The van der Waals surface area contributed by atoms with E-state index in [1.54, 1.807) is 5.57 Å². The molecule has 1 unspecified atom stereocenters. The number of hydrogen-bond donors (Lipinski definition) is 0. The summed E-state index contributed by atoms with van der Waals surface area (Å²) in [5.74, 6) is 2.15. The first-order valence-corrected chi connectivity index (χ1v) is 4.74. The Morgan fingerprint density at radius 1 is 1.45 bits per heavy atom. The van der Waals surface area contributed by atoms with Gasteiger partial charge in [0.1, 0.15) is 0 Å². The van der Waals surface area contributed by atoms with E-state index < -0.39 is 0 Å². The molecule has 1 nitrogen and oxygen atoms in total. The van der Waals surface area contributed by atoms with Gasteiger partial charge < -0.3 is 4.74 Å². The first-order valence-electron chi connectivity index (χ1n) is 4.74. The molecular formula is C10H16O. The van der Waals surface area contributed by atoms with E-state index in [-0.39, 0.29) is 0 Å². The van der Waals surface area contributed by atoms with Crippen LogP contribution in [0.2, 0.25) is 0 Å². The van der Waals surface area contributed by atoms with Crippen LogP contribution in [0.5, 0.6) is 0 Å². The third kappa shape index (κ3) is 1.29. The predicted molar refractivity (Wildman–Crippen MR) is 45.2 cm³/mol. The fourth-order valence-corrected chi connectivity index (χ4v) is 2.06. The Labute approximate surface area is 68.4 Å². The normalized spacial score (nSPS) is 30.1. The highest BCUT2D eigenvalue weighted by Gasteiger charge is 2.24. The number of allylic oxidation sites excluding steroid dienone is 2. The zero-order chi connectivity index (χ0) is 7.68. The molecule has 11 heavy (non-hydrogen) atoms. The lowest BCUT2D eigenvalue weighted by Gasteiger charge is -2.23. The van der Waals surface area contributed by atoms with Gasteiger partial charge in [0.15, 0.2) is 0 Å². The molecular weight excluding hydrogens is 136 g/mol. The first-order chi connectivity index (χ1) is 5.40. The molecule has 0 fully saturated rings. The van der Waals surface area contributed by atoms with Gasteiger partial charge in [0.05, 0.1) is 12.4 Å². The zero-order valence-corrected chi connectivity index (χ0v) is 7.23. The predicted octanol–water partition coefficient (Wildman–Crippen LogP) is 2.87. The van der Waals surface area contributed by atoms with Crippen LogP contribution in [0, 0.1) is 5.92 Å². The quantitative estimate of drug-likeness (QED) is 0.561. The summed E-state index contributed by atoms with van der Waals surface area (Å²) in [5, 5.41) is 0. The van der Waals surface area contributed by atoms with Crippen LogP contribution in [0.15, 0.2) is 11.3 Å². The minimum Gasteiger partial charge on any atom is -0.498 e. The van der Waals surface area contributed by atoms with Crippen LogP contribution in [0.25, 0.3) is 0 Å². The molecule has 0 spiro atoms. The number of ether oxygens (including phenoxy) is 1. The number of hydrogen-bond acceptors (Lipinski definition) is 1. The summed E-state index contributed by atoms with van der Waals surface area (Å²) in [6.07, 6.45) is 6.46. The molecule has 1 aliphatic carbocycles. The van der Waals surface area contributed by atoms with E-state index >= 15 is 0 Å². The summed E-state index contributed by atoms with van der Waals surface area (Å²) in [6.45, 7) is 3.24. The Bertz CT molecular complexity index is 181. The molecule has 0 bridgehead atoms. The third-order valence-electron chi connectivity index (χ3n) is 2.88. The minimum atomic E-state index is 0.812. The van der Waals surface area contributed by atoms with E-state index in [9.17, 15) is 0 Å². The molecule has 1 aliphatic heterocycles. The van der Waals surface area contributed by atoms with Crippen LogP contribution < -0.4 is 0 Å². The third-order valence-corrected chi connectivity index (χ3v) is 2.88. The van der Waals surface area contributed by atoms with Gasteiger partial charge in [-0.25, -0.2) is 0 Å². The van der Waals surface area contributed by atoms with Gasteiger partial charge in [-0.1, -0.05) is 6.92 Å². The van der Waals surface area contributed by atoms with Crippen molar-refractivity contribution in [2.24, 2.45) is 5.92 Å². The minimum absolute atomic E-state index is 0.812. The second-order valence-corrected chi connectivity index (χ2v) is 3.67. The smallest absolute Gasteiger partial charge is 0.0952 e. The summed E-state index contributed by atoms with van der Waals surface area (Å²) in [6, 6.07) is 0. The van der Waals surface area contributed by atoms with Crippen LogP contribution in [-0.2, 0) is 4.74 Å². The Hall–Kier alpha value is -0.460. The largest absolute Gasteiger partial charge is 0.498 e. The molecule has 2 aliphatic rings. The standard InChI is InChI=1S/C10H16O/c1-2-8-6-9-4-3-5-10(9)11-7-8/h8H,2-7H2,1H3. The maximum atomic E-state index is 5.68. The fourth-order valence-electron chi connectivity index (χ4n) is 2.06. The van der Waals surface area contributed by atoms with Crippen LogP contribution in [0.4, 0.5) is 0 Å². The van der Waals surface area contributed by atoms with E-state index in [1.807, 2.05) is 0 Å². The molecule has 1 heteroatoms. The van der Waals surface area contributed by atoms with Crippen LogP contribution in [0.3, 0.4) is 0 Å². The highest BCUT2D eigenvalue weighted by Crippen LogP contribution is 2.36. The average Bonchev–Trinajstić information content (AvgIpc) is 2.50. The molecule has 0 saturated heterocycles. The molecule has 0 aromatic heterocycles. The average molecular weight is 152 g/mol. The van der Waals surface area contributed by atoms with Gasteiger partial charge in [-0.15, -0.1) is 0 Å². The summed E-state index contributed by atoms with van der Waals surface area (Å²) in [4.78, 5) is 0. The van der Waals surface area contributed by atoms with Gasteiger partial charge in [0.25, 0.3) is 0 Å². The maximum Gasteiger partial charge on any atom is 0.0952 e. The van der Waals surface area contributed by atoms with Gasteiger partial charge in [-0.05, 0) is 37.2 Å². The molecule has 0 N–H and O–H groups in total. The Morgan fingerprint density at radius 3 is 3.18 bits per heavy atom. The van der Waals surface area contributed by atoms with Gasteiger partial charge in [-0.2, -0.15) is 0 Å². The van der Waals surface area contributed by atoms with E-state index in [2.05, 4.69) is 6.92 Å². The lowest BCUT2D eigenvalue weighted by molar-refractivity contribution is 0.136. The van der Waals surface area contributed by atoms with Crippen molar-refractivity contribution in [3.63, 3.8) is 0 Å². The SMILES string of the molecule is CCC1COC2=C(CCC2)C1. The van der Waals surface area contributed by atoms with Crippen molar-refractivity contribution in [1.29, 1.82) is 0 Å². The van der Waals surface area contributed by atoms with Crippen molar-refractivity contribution in [1.82, 2.24) is 0 Å². The van der Waals surface area contributed by atoms with Crippen molar-refractivity contribution in [3.05, 3.63) is 11.3 Å². The highest BCUT2D eigenvalue weighted by atomic mass is 16.5. The second kappa shape index (κ2) is 2.88. The molecule has 1 atom stereocenters. The fraction of sp³-hybridized carbons (Fsp3) is 0.800. The van der Waals surface area contributed by atoms with E-state index in [0.29, 0.717) is 0 Å². The van der Waals surface area contributed by atoms with Gasteiger partial charge >= 0.3 is 0 Å². The van der Waals surface area contributed by atoms with Gasteiger partial charge in [0.2, 0.25) is 0 Å². The van der Waals surface area contributed by atoms with Crippen LogP contribution in [-0.4, -0.2) is 6.61 Å². The molecule has 1 heterocycles. The van der Waals surface area contributed by atoms with Crippen molar-refractivity contribution in [2.75, 3.05) is 6.61 Å². The molecule has 0 radical (unpaired) electrons. The molecule has 0 amide bonds. The van der Waals surface area contributed by atoms with E-state index in [0.717, 1.165) is 12.5 Å². The van der Waals surface area contributed by atoms with Crippen LogP contribution >= 0.6 is 0 Å². The Balaban J connectivity index is 2.05. The summed E-state index contributed by atoms with van der Waals surface area (Å²) in [7, 11) is 0. The second-order valence-electron chi connectivity index (χ2n) is 3.67. The van der Waals surface area contributed by atoms with Crippen LogP contribution in [0.1, 0.15) is 39.0 Å². The molecule has 2 rings (SSSR count). The first kappa shape index (κ1) is 7.20. The van der Waals surface area contributed by atoms with Gasteiger partial charge in [0, 0.05) is 6.42 Å². The summed E-state index contributed by atoms with van der Waals surface area (Å²) < 4.78 is 5.68. The monoisotopic (exact) mass is 152 g/mol. The topological polar surface area (TPSA) is 9.23 Å². The molecule has 0 aromatic carbocycles. The zero-order valence-electron chi connectivity index (χ0n) is 7.23. The van der Waals surface area contributed by atoms with E-state index in [1.165, 1.54) is 37.9 Å². The summed E-state index contributed by atoms with van der Waals surface area (Å²) in [5.41, 5.74) is 1.63. The molecule has 0 aromatic rings. The molecule has 62 valence electrons. The Morgan fingerprint density at radius 2 is 2.36 bits per heavy atom. The molecule has 0 saturated carbocycles. The van der Waals surface area contributed by atoms with Crippen molar-refractivity contribution in [3.8, 4) is 0 Å².